The Hall–Kier alpha value is -2.29. The third-order valence-electron chi connectivity index (χ3n) is 4.01. The van der Waals surface area contributed by atoms with Crippen molar-refractivity contribution >= 4 is 58.4 Å². The zero-order valence-electron chi connectivity index (χ0n) is 15.8. The van der Waals surface area contributed by atoms with E-state index < -0.39 is 7.29 Å². The van der Waals surface area contributed by atoms with E-state index in [1.165, 1.54) is 11.6 Å². The Balaban J connectivity index is 1.93. The zero-order valence-corrected chi connectivity index (χ0v) is 18.9. The van der Waals surface area contributed by atoms with Gasteiger partial charge in [0.05, 0.1) is 16.3 Å². The topological polar surface area (TPSA) is 41.5 Å². The maximum atomic E-state index is 13.7. The van der Waals surface area contributed by atoms with Gasteiger partial charge >= 0.3 is 0 Å². The maximum absolute atomic E-state index is 13.7. The van der Waals surface area contributed by atoms with Gasteiger partial charge < -0.3 is 0 Å². The highest BCUT2D eigenvalue weighted by Crippen LogP contribution is 2.50. The average Bonchev–Trinajstić information content (AvgIpc) is 2.76. The van der Waals surface area contributed by atoms with E-state index in [1.807, 2.05) is 60.7 Å². The van der Waals surface area contributed by atoms with Crippen LogP contribution in [-0.2, 0) is 4.57 Å². The summed E-state index contributed by atoms with van der Waals surface area (Å²) in [5.41, 5.74) is 2.29. The molecule has 3 aromatic rings. The van der Waals surface area contributed by atoms with Crippen LogP contribution in [0.2, 0.25) is 5.02 Å². The van der Waals surface area contributed by atoms with Gasteiger partial charge in [0.25, 0.3) is 0 Å². The van der Waals surface area contributed by atoms with E-state index in [0.29, 0.717) is 15.1 Å². The molecule has 0 spiro atoms. The molecule has 152 valence electrons. The summed E-state index contributed by atoms with van der Waals surface area (Å²) in [6, 6.07) is 25.6. The van der Waals surface area contributed by atoms with Crippen molar-refractivity contribution in [2.45, 2.75) is 0 Å². The van der Waals surface area contributed by atoms with Crippen molar-refractivity contribution in [3.05, 3.63) is 118 Å². The van der Waals surface area contributed by atoms with Crippen LogP contribution in [0.25, 0.3) is 10.1 Å². The summed E-state index contributed by atoms with van der Waals surface area (Å²) >= 11 is 18.8. The van der Waals surface area contributed by atoms with Gasteiger partial charge in [-0.2, -0.15) is 5.10 Å². The number of hydrogen-bond acceptors (Lipinski definition) is 2. The van der Waals surface area contributed by atoms with Crippen molar-refractivity contribution in [2.24, 2.45) is 5.10 Å². The van der Waals surface area contributed by atoms with Crippen molar-refractivity contribution in [1.29, 1.82) is 0 Å². The molecule has 0 fully saturated rings. The van der Waals surface area contributed by atoms with Crippen molar-refractivity contribution in [3.63, 3.8) is 0 Å². The van der Waals surface area contributed by atoms with E-state index in [4.69, 9.17) is 34.8 Å². The molecule has 0 amide bonds. The van der Waals surface area contributed by atoms with Crippen molar-refractivity contribution in [2.75, 3.05) is 0 Å². The zero-order chi connectivity index (χ0) is 21.4. The molecule has 0 unspecified atom stereocenters. The molecule has 0 aliphatic carbocycles. The quantitative estimate of drug-likeness (QED) is 0.213. The Labute approximate surface area is 191 Å². The van der Waals surface area contributed by atoms with Gasteiger partial charge in [0.15, 0.2) is 0 Å². The Bertz CT molecular complexity index is 1050. The van der Waals surface area contributed by atoms with Gasteiger partial charge in [0, 0.05) is 16.7 Å². The smallest absolute Gasteiger partial charge is 0.231 e. The van der Waals surface area contributed by atoms with Gasteiger partial charge in [0.1, 0.15) is 0 Å². The van der Waals surface area contributed by atoms with Gasteiger partial charge in [-0.3, -0.25) is 9.76 Å². The van der Waals surface area contributed by atoms with Crippen LogP contribution in [-0.4, -0.2) is 6.21 Å². The molecule has 0 aliphatic rings. The highest BCUT2D eigenvalue weighted by atomic mass is 35.5. The van der Waals surface area contributed by atoms with Crippen LogP contribution >= 0.6 is 42.1 Å². The SMILES string of the molecule is O=P(/C=C(\Cl)c1ccccc1)(/C=C(\Cl)c1ccccc1)N/N=C/c1ccc(Cl)cc1. The van der Waals surface area contributed by atoms with E-state index in [1.54, 1.807) is 30.5 Å². The molecular formula is C23H18Cl3N2OP. The molecule has 3 rings (SSSR count). The summed E-state index contributed by atoms with van der Waals surface area (Å²) in [4.78, 5) is 0. The Morgan fingerprint density at radius 2 is 1.23 bits per heavy atom. The van der Waals surface area contributed by atoms with E-state index in [2.05, 4.69) is 10.3 Å². The second-order valence-corrected chi connectivity index (χ2v) is 9.69. The molecule has 1 N–H and O–H groups in total. The third-order valence-corrected chi connectivity index (χ3v) is 6.93. The lowest BCUT2D eigenvalue weighted by atomic mass is 10.2. The molecule has 3 nitrogen and oxygen atoms in total. The van der Waals surface area contributed by atoms with Crippen LogP contribution in [0.3, 0.4) is 0 Å². The van der Waals surface area contributed by atoms with Gasteiger partial charge in [0.2, 0.25) is 7.29 Å². The van der Waals surface area contributed by atoms with Gasteiger partial charge in [-0.15, -0.1) is 0 Å². The highest BCUT2D eigenvalue weighted by molar-refractivity contribution is 7.68. The van der Waals surface area contributed by atoms with E-state index in [-0.39, 0.29) is 0 Å². The molecule has 0 atom stereocenters. The van der Waals surface area contributed by atoms with Crippen LogP contribution in [0, 0.1) is 0 Å². The number of hydrogen-bond donors (Lipinski definition) is 1. The number of nitrogens with one attached hydrogen (secondary N) is 1. The fourth-order valence-electron chi connectivity index (χ4n) is 2.52. The summed E-state index contributed by atoms with van der Waals surface area (Å²) in [7, 11) is -3.37. The Morgan fingerprint density at radius 3 is 1.70 bits per heavy atom. The lowest BCUT2D eigenvalue weighted by Crippen LogP contribution is -2.00. The number of nitrogens with zero attached hydrogens (tertiary/aromatic N) is 1. The van der Waals surface area contributed by atoms with Crippen molar-refractivity contribution in [3.8, 4) is 0 Å². The minimum absolute atomic E-state index is 0.335. The first-order chi connectivity index (χ1) is 14.5. The second kappa shape index (κ2) is 10.7. The first-order valence-corrected chi connectivity index (χ1v) is 12.0. The number of benzene rings is 3. The predicted octanol–water partition coefficient (Wildman–Crippen LogP) is 8.02. The highest BCUT2D eigenvalue weighted by Gasteiger charge is 2.18. The first kappa shape index (κ1) is 22.4. The normalized spacial score (nSPS) is 12.9. The lowest BCUT2D eigenvalue weighted by molar-refractivity contribution is 0.579. The summed E-state index contributed by atoms with van der Waals surface area (Å²) in [5.74, 6) is 2.91. The lowest BCUT2D eigenvalue weighted by Gasteiger charge is -2.12. The Morgan fingerprint density at radius 1 is 0.767 bits per heavy atom. The van der Waals surface area contributed by atoms with Gasteiger partial charge in [-0.25, -0.2) is 0 Å². The minimum Gasteiger partial charge on any atom is -0.290 e. The van der Waals surface area contributed by atoms with Gasteiger partial charge in [-0.05, 0) is 28.8 Å². The predicted molar refractivity (Wildman–Crippen MR) is 130 cm³/mol. The molecule has 0 aliphatic heterocycles. The number of hydrazone groups is 1. The fourth-order valence-corrected chi connectivity index (χ4v) is 5.17. The van der Waals surface area contributed by atoms with Crippen molar-refractivity contribution < 1.29 is 4.57 Å². The number of rotatable bonds is 7. The summed E-state index contributed by atoms with van der Waals surface area (Å²) in [5, 5.41) is 8.18. The third kappa shape index (κ3) is 6.62. The molecule has 0 bridgehead atoms. The molecular weight excluding hydrogens is 458 g/mol. The molecule has 0 saturated carbocycles. The molecule has 7 heteroatoms. The van der Waals surface area contributed by atoms with Crippen molar-refractivity contribution in [1.82, 2.24) is 5.20 Å². The molecule has 0 aromatic heterocycles. The monoisotopic (exact) mass is 474 g/mol. The molecule has 0 radical (unpaired) electrons. The maximum Gasteiger partial charge on any atom is 0.231 e. The van der Waals surface area contributed by atoms with Crippen LogP contribution in [0.4, 0.5) is 0 Å². The van der Waals surface area contributed by atoms with Gasteiger partial charge in [-0.1, -0.05) is 108 Å². The molecule has 30 heavy (non-hydrogen) atoms. The average molecular weight is 476 g/mol. The summed E-state index contributed by atoms with van der Waals surface area (Å²) in [6.07, 6.45) is 1.55. The van der Waals surface area contributed by atoms with E-state index in [9.17, 15) is 4.57 Å². The van der Waals surface area contributed by atoms with E-state index in [0.717, 1.165) is 16.7 Å². The van der Waals surface area contributed by atoms with E-state index >= 15 is 0 Å². The van der Waals surface area contributed by atoms with Crippen LogP contribution in [0.5, 0.6) is 0 Å². The minimum atomic E-state index is -3.37. The second-order valence-electron chi connectivity index (χ2n) is 6.31. The largest absolute Gasteiger partial charge is 0.290 e. The standard InChI is InChI=1S/C23H18Cl3N2OP/c24-21-13-11-18(12-14-21)15-27-28-30(29,16-22(25)19-7-3-1-4-8-19)17-23(26)20-9-5-2-6-10-20/h1-17H,(H,28,29)/b22-16-,23-17-,27-15+. The summed E-state index contributed by atoms with van der Waals surface area (Å²) < 4.78 is 13.7. The molecule has 0 saturated heterocycles. The molecule has 3 aromatic carbocycles. The Kier molecular flexibility index (Phi) is 7.95. The van der Waals surface area contributed by atoms with Crippen LogP contribution < -0.4 is 5.20 Å². The summed E-state index contributed by atoms with van der Waals surface area (Å²) in [6.45, 7) is 0. The van der Waals surface area contributed by atoms with Crippen LogP contribution in [0.15, 0.2) is 102 Å². The fraction of sp³-hybridized carbons (Fsp3) is 0. The first-order valence-electron chi connectivity index (χ1n) is 8.98. The van der Waals surface area contributed by atoms with Crippen LogP contribution in [0.1, 0.15) is 16.7 Å². The molecule has 0 heterocycles. The number of halogens is 3.